The van der Waals surface area contributed by atoms with Gasteiger partial charge in [-0.1, -0.05) is 30.3 Å². The first-order chi connectivity index (χ1) is 14.6. The number of carbonyl (C=O) groups excluding carboxylic acids is 3. The van der Waals surface area contributed by atoms with E-state index in [2.05, 4.69) is 10.6 Å². The molecule has 0 bridgehead atoms. The van der Waals surface area contributed by atoms with Gasteiger partial charge in [-0.3, -0.25) is 14.4 Å². The molecular weight excluding hydrogens is 386 g/mol. The van der Waals surface area contributed by atoms with Gasteiger partial charge < -0.3 is 25.0 Å². The highest BCUT2D eigenvalue weighted by atomic mass is 16.6. The molecule has 2 heterocycles. The molecule has 0 spiro atoms. The van der Waals surface area contributed by atoms with E-state index in [1.165, 1.54) is 0 Å². The second-order valence-corrected chi connectivity index (χ2v) is 7.19. The number of nitrogens with zero attached hydrogens (tertiary/aromatic N) is 1. The van der Waals surface area contributed by atoms with E-state index < -0.39 is 12.0 Å². The van der Waals surface area contributed by atoms with Crippen molar-refractivity contribution in [3.63, 3.8) is 0 Å². The molecule has 8 heteroatoms. The molecule has 0 radical (unpaired) electrons. The molecule has 3 amide bonds. The van der Waals surface area contributed by atoms with Gasteiger partial charge in [0.1, 0.15) is 6.61 Å². The number of ether oxygens (including phenoxy) is 2. The molecule has 2 aliphatic rings. The molecule has 1 fully saturated rings. The number of hydrogen-bond donors (Lipinski definition) is 2. The van der Waals surface area contributed by atoms with Crippen LogP contribution in [0.15, 0.2) is 54.6 Å². The van der Waals surface area contributed by atoms with Gasteiger partial charge in [0.05, 0.1) is 5.92 Å². The molecule has 0 aromatic heterocycles. The van der Waals surface area contributed by atoms with Crippen molar-refractivity contribution >= 4 is 23.4 Å². The highest BCUT2D eigenvalue weighted by molar-refractivity contribution is 6.00. The van der Waals surface area contributed by atoms with Gasteiger partial charge in [-0.25, -0.2) is 0 Å². The first kappa shape index (κ1) is 19.8. The molecule has 0 unspecified atom stereocenters. The number of anilines is 1. The molecule has 8 nitrogen and oxygen atoms in total. The van der Waals surface area contributed by atoms with Crippen LogP contribution in [0.3, 0.4) is 0 Å². The molecule has 0 aliphatic carbocycles. The fourth-order valence-corrected chi connectivity index (χ4v) is 3.52. The van der Waals surface area contributed by atoms with Crippen molar-refractivity contribution in [1.82, 2.24) is 10.6 Å². The topological polar surface area (TPSA) is 97.0 Å². The molecular formula is C22H23N3O5. The molecule has 2 atom stereocenters. The minimum Gasteiger partial charge on any atom is -0.485 e. The van der Waals surface area contributed by atoms with Crippen molar-refractivity contribution in [3.05, 3.63) is 54.6 Å². The first-order valence-electron chi connectivity index (χ1n) is 9.91. The lowest BCUT2D eigenvalue weighted by Gasteiger charge is -2.25. The summed E-state index contributed by atoms with van der Waals surface area (Å²) >= 11 is 0. The summed E-state index contributed by atoms with van der Waals surface area (Å²) in [5.41, 5.74) is 0.793. The van der Waals surface area contributed by atoms with Crippen LogP contribution in [-0.2, 0) is 14.4 Å². The van der Waals surface area contributed by atoms with Gasteiger partial charge in [-0.2, -0.15) is 0 Å². The van der Waals surface area contributed by atoms with E-state index in [1.807, 2.05) is 42.5 Å². The zero-order valence-electron chi connectivity index (χ0n) is 16.4. The number of hydrogen-bond acceptors (Lipinski definition) is 5. The fraction of sp³-hybridized carbons (Fsp3) is 0.318. The Bertz CT molecular complexity index is 933. The zero-order chi connectivity index (χ0) is 20.9. The number of carbonyl (C=O) groups is 3. The molecule has 2 aromatic carbocycles. The van der Waals surface area contributed by atoms with E-state index in [1.54, 1.807) is 17.0 Å². The Hall–Kier alpha value is -3.55. The van der Waals surface area contributed by atoms with E-state index in [0.29, 0.717) is 18.0 Å². The second-order valence-electron chi connectivity index (χ2n) is 7.19. The van der Waals surface area contributed by atoms with E-state index >= 15 is 0 Å². The summed E-state index contributed by atoms with van der Waals surface area (Å²) in [7, 11) is 0. The minimum absolute atomic E-state index is 0.0654. The van der Waals surface area contributed by atoms with Crippen molar-refractivity contribution in [2.75, 3.05) is 31.1 Å². The molecule has 2 N–H and O–H groups in total. The van der Waals surface area contributed by atoms with Crippen molar-refractivity contribution < 1.29 is 23.9 Å². The average Bonchev–Trinajstić information content (AvgIpc) is 3.18. The molecule has 156 valence electrons. The quantitative estimate of drug-likeness (QED) is 0.697. The lowest BCUT2D eigenvalue weighted by atomic mass is 10.1. The third kappa shape index (κ3) is 4.37. The van der Waals surface area contributed by atoms with Crippen LogP contribution in [0.5, 0.6) is 11.5 Å². The lowest BCUT2D eigenvalue weighted by molar-refractivity contribution is -0.130. The van der Waals surface area contributed by atoms with Crippen LogP contribution < -0.4 is 25.0 Å². The Kier molecular flexibility index (Phi) is 5.83. The Balaban J connectivity index is 1.19. The van der Waals surface area contributed by atoms with Gasteiger partial charge in [0.25, 0.3) is 5.91 Å². The highest BCUT2D eigenvalue weighted by Gasteiger charge is 2.35. The summed E-state index contributed by atoms with van der Waals surface area (Å²) < 4.78 is 11.2. The highest BCUT2D eigenvalue weighted by Crippen LogP contribution is 2.30. The monoisotopic (exact) mass is 409 g/mol. The Morgan fingerprint density at radius 1 is 0.933 bits per heavy atom. The fourth-order valence-electron chi connectivity index (χ4n) is 3.52. The molecule has 30 heavy (non-hydrogen) atoms. The van der Waals surface area contributed by atoms with Crippen molar-refractivity contribution in [2.45, 2.75) is 12.5 Å². The lowest BCUT2D eigenvalue weighted by Crippen LogP contribution is -2.46. The largest absolute Gasteiger partial charge is 0.485 e. The maximum absolute atomic E-state index is 12.4. The van der Waals surface area contributed by atoms with Crippen molar-refractivity contribution in [3.8, 4) is 11.5 Å². The number of fused-ring (bicyclic) bond motifs is 1. The average molecular weight is 409 g/mol. The third-order valence-corrected chi connectivity index (χ3v) is 5.09. The number of amides is 3. The first-order valence-corrected chi connectivity index (χ1v) is 9.91. The Morgan fingerprint density at radius 3 is 2.37 bits per heavy atom. The number of para-hydroxylation sites is 3. The molecule has 2 aliphatic heterocycles. The Labute approximate surface area is 174 Å². The third-order valence-electron chi connectivity index (χ3n) is 5.09. The van der Waals surface area contributed by atoms with Gasteiger partial charge in [0, 0.05) is 31.7 Å². The van der Waals surface area contributed by atoms with Crippen LogP contribution in [-0.4, -0.2) is 50.1 Å². The maximum atomic E-state index is 12.4. The van der Waals surface area contributed by atoms with Crippen molar-refractivity contribution in [1.29, 1.82) is 0 Å². The predicted molar refractivity (Wildman–Crippen MR) is 109 cm³/mol. The molecule has 2 aromatic rings. The number of rotatable bonds is 6. The maximum Gasteiger partial charge on any atom is 0.264 e. The Morgan fingerprint density at radius 2 is 1.60 bits per heavy atom. The van der Waals surface area contributed by atoms with Gasteiger partial charge >= 0.3 is 0 Å². The van der Waals surface area contributed by atoms with Crippen molar-refractivity contribution in [2.24, 2.45) is 5.92 Å². The van der Waals surface area contributed by atoms with E-state index in [9.17, 15) is 14.4 Å². The second kappa shape index (κ2) is 8.86. The van der Waals surface area contributed by atoms with Crippen LogP contribution >= 0.6 is 0 Å². The normalized spacial score (nSPS) is 20.0. The summed E-state index contributed by atoms with van der Waals surface area (Å²) in [5.74, 6) is 0.187. The zero-order valence-corrected chi connectivity index (χ0v) is 16.4. The van der Waals surface area contributed by atoms with Gasteiger partial charge in [0.15, 0.2) is 11.5 Å². The van der Waals surface area contributed by atoms with Crippen LogP contribution in [0.25, 0.3) is 0 Å². The summed E-state index contributed by atoms with van der Waals surface area (Å²) in [4.78, 5) is 38.5. The van der Waals surface area contributed by atoms with Crippen LogP contribution in [0.1, 0.15) is 6.42 Å². The summed E-state index contributed by atoms with van der Waals surface area (Å²) in [5, 5.41) is 5.52. The summed E-state index contributed by atoms with van der Waals surface area (Å²) in [6, 6.07) is 16.5. The van der Waals surface area contributed by atoms with Crippen LogP contribution in [0, 0.1) is 5.92 Å². The SMILES string of the molecule is O=C(NCCNC(=O)[C@@H]1COc2ccccc2O1)[C@H]1CC(=O)N(c2ccccc2)C1. The van der Waals surface area contributed by atoms with Gasteiger partial charge in [0.2, 0.25) is 17.9 Å². The van der Waals surface area contributed by atoms with Crippen LogP contribution in [0.4, 0.5) is 5.69 Å². The molecule has 0 saturated carbocycles. The smallest absolute Gasteiger partial charge is 0.264 e. The standard InChI is InChI=1S/C22H23N3O5/c26-20-12-15(13-25(20)16-6-2-1-3-7-16)21(27)23-10-11-24-22(28)19-14-29-17-8-4-5-9-18(17)30-19/h1-9,15,19H,10-14H2,(H,23,27)(H,24,28)/t15-,19-/m0/s1. The molecule has 1 saturated heterocycles. The number of nitrogens with one attached hydrogen (secondary N) is 2. The summed E-state index contributed by atoms with van der Waals surface area (Å²) in [6.07, 6.45) is -0.554. The van der Waals surface area contributed by atoms with E-state index in [0.717, 1.165) is 5.69 Å². The van der Waals surface area contributed by atoms with Gasteiger partial charge in [-0.05, 0) is 24.3 Å². The minimum atomic E-state index is -0.734. The van der Waals surface area contributed by atoms with Crippen LogP contribution in [0.2, 0.25) is 0 Å². The van der Waals surface area contributed by atoms with E-state index in [-0.39, 0.29) is 43.8 Å². The van der Waals surface area contributed by atoms with Gasteiger partial charge in [-0.15, -0.1) is 0 Å². The summed E-state index contributed by atoms with van der Waals surface area (Å²) in [6.45, 7) is 1.02. The molecule has 4 rings (SSSR count). The van der Waals surface area contributed by atoms with E-state index in [4.69, 9.17) is 9.47 Å². The number of benzene rings is 2. The predicted octanol–water partition coefficient (Wildman–Crippen LogP) is 1.11.